The van der Waals surface area contributed by atoms with Gasteiger partial charge in [-0.15, -0.1) is 0 Å². The first kappa shape index (κ1) is 17.5. The molecule has 1 unspecified atom stereocenters. The van der Waals surface area contributed by atoms with Crippen molar-refractivity contribution in [2.45, 2.75) is 59.8 Å². The molecule has 118 valence electrons. The van der Waals surface area contributed by atoms with Crippen LogP contribution in [0, 0.1) is 19.8 Å². The Labute approximate surface area is 128 Å². The lowest BCUT2D eigenvalue weighted by atomic mass is 9.88. The van der Waals surface area contributed by atoms with Crippen molar-refractivity contribution in [1.82, 2.24) is 0 Å². The zero-order valence-electron chi connectivity index (χ0n) is 13.9. The Balaban J connectivity index is 3.18. The number of carbonyl (C=O) groups is 1. The van der Waals surface area contributed by atoms with Crippen LogP contribution >= 0.6 is 0 Å². The number of benzene rings is 1. The Hall–Kier alpha value is -1.51. The predicted molar refractivity (Wildman–Crippen MR) is 86.2 cm³/mol. The van der Waals surface area contributed by atoms with E-state index in [1.807, 2.05) is 13.8 Å². The SMILES string of the molecule is CCCC(CC(=O)O)c1cc(C)cc(C)c1OCC(C)C. The second-order valence-electron chi connectivity index (χ2n) is 6.29. The Morgan fingerprint density at radius 2 is 1.95 bits per heavy atom. The van der Waals surface area contributed by atoms with Gasteiger partial charge in [-0.1, -0.05) is 44.9 Å². The van der Waals surface area contributed by atoms with Crippen LogP contribution in [0.4, 0.5) is 0 Å². The third kappa shape index (κ3) is 5.41. The third-order valence-electron chi connectivity index (χ3n) is 3.51. The van der Waals surface area contributed by atoms with Crippen LogP contribution in [0.5, 0.6) is 5.75 Å². The van der Waals surface area contributed by atoms with Crippen LogP contribution in [0.3, 0.4) is 0 Å². The van der Waals surface area contributed by atoms with E-state index in [9.17, 15) is 9.90 Å². The number of aryl methyl sites for hydroxylation is 2. The topological polar surface area (TPSA) is 46.5 Å². The van der Waals surface area contributed by atoms with Crippen LogP contribution in [0.1, 0.15) is 62.6 Å². The van der Waals surface area contributed by atoms with Crippen LogP contribution in [0.2, 0.25) is 0 Å². The van der Waals surface area contributed by atoms with Gasteiger partial charge in [0, 0.05) is 0 Å². The molecule has 1 rings (SSSR count). The molecule has 1 aromatic rings. The van der Waals surface area contributed by atoms with Crippen molar-refractivity contribution in [2.24, 2.45) is 5.92 Å². The van der Waals surface area contributed by atoms with Gasteiger partial charge < -0.3 is 9.84 Å². The van der Waals surface area contributed by atoms with E-state index in [4.69, 9.17) is 4.74 Å². The molecule has 1 aromatic carbocycles. The fourth-order valence-corrected chi connectivity index (χ4v) is 2.66. The molecule has 0 bridgehead atoms. The summed E-state index contributed by atoms with van der Waals surface area (Å²) in [6.45, 7) is 11.1. The van der Waals surface area contributed by atoms with Crippen molar-refractivity contribution in [3.8, 4) is 5.75 Å². The minimum Gasteiger partial charge on any atom is -0.493 e. The lowest BCUT2D eigenvalue weighted by molar-refractivity contribution is -0.137. The molecule has 0 spiro atoms. The quantitative estimate of drug-likeness (QED) is 0.755. The lowest BCUT2D eigenvalue weighted by Crippen LogP contribution is -2.12. The van der Waals surface area contributed by atoms with Gasteiger partial charge in [-0.2, -0.15) is 0 Å². The summed E-state index contributed by atoms with van der Waals surface area (Å²) < 4.78 is 6.00. The maximum absolute atomic E-state index is 11.2. The van der Waals surface area contributed by atoms with Crippen molar-refractivity contribution in [2.75, 3.05) is 6.61 Å². The molecule has 0 aromatic heterocycles. The molecule has 0 saturated carbocycles. The maximum Gasteiger partial charge on any atom is 0.303 e. The smallest absolute Gasteiger partial charge is 0.303 e. The van der Waals surface area contributed by atoms with Crippen LogP contribution in [0.25, 0.3) is 0 Å². The van der Waals surface area contributed by atoms with Crippen molar-refractivity contribution in [1.29, 1.82) is 0 Å². The van der Waals surface area contributed by atoms with Crippen molar-refractivity contribution >= 4 is 5.97 Å². The largest absolute Gasteiger partial charge is 0.493 e. The van der Waals surface area contributed by atoms with Gasteiger partial charge in [-0.25, -0.2) is 0 Å². The highest BCUT2D eigenvalue weighted by atomic mass is 16.5. The Bertz CT molecular complexity index is 478. The van der Waals surface area contributed by atoms with Gasteiger partial charge in [-0.05, 0) is 43.2 Å². The summed E-state index contributed by atoms with van der Waals surface area (Å²) in [5.41, 5.74) is 3.31. The number of hydrogen-bond donors (Lipinski definition) is 1. The fourth-order valence-electron chi connectivity index (χ4n) is 2.66. The summed E-state index contributed by atoms with van der Waals surface area (Å²) >= 11 is 0. The minimum absolute atomic E-state index is 0.0215. The van der Waals surface area contributed by atoms with Gasteiger partial charge in [0.2, 0.25) is 0 Å². The lowest BCUT2D eigenvalue weighted by Gasteiger charge is -2.22. The molecule has 0 amide bonds. The normalized spacial score (nSPS) is 12.5. The second-order valence-corrected chi connectivity index (χ2v) is 6.29. The van der Waals surface area contributed by atoms with Gasteiger partial charge in [0.15, 0.2) is 0 Å². The highest BCUT2D eigenvalue weighted by Crippen LogP contribution is 2.36. The summed E-state index contributed by atoms with van der Waals surface area (Å²) in [5, 5.41) is 9.18. The summed E-state index contributed by atoms with van der Waals surface area (Å²) in [5.74, 6) is 0.604. The fraction of sp³-hybridized carbons (Fsp3) is 0.611. The molecule has 0 aliphatic carbocycles. The van der Waals surface area contributed by atoms with Crippen molar-refractivity contribution in [3.05, 3.63) is 28.8 Å². The van der Waals surface area contributed by atoms with E-state index >= 15 is 0 Å². The molecule has 1 N–H and O–H groups in total. The number of hydrogen-bond acceptors (Lipinski definition) is 2. The zero-order valence-corrected chi connectivity index (χ0v) is 13.9. The second kappa shape index (κ2) is 8.06. The van der Waals surface area contributed by atoms with Gasteiger partial charge in [0.1, 0.15) is 5.75 Å². The average Bonchev–Trinajstić information content (AvgIpc) is 2.35. The molecule has 0 aliphatic heterocycles. The molecule has 0 radical (unpaired) electrons. The van der Waals surface area contributed by atoms with E-state index < -0.39 is 5.97 Å². The van der Waals surface area contributed by atoms with E-state index in [0.717, 1.165) is 35.3 Å². The van der Waals surface area contributed by atoms with E-state index in [0.29, 0.717) is 12.5 Å². The summed E-state index contributed by atoms with van der Waals surface area (Å²) in [4.78, 5) is 11.2. The number of carboxylic acid groups (broad SMARTS) is 1. The molecule has 21 heavy (non-hydrogen) atoms. The molecule has 1 atom stereocenters. The molecule has 0 heterocycles. The van der Waals surface area contributed by atoms with Crippen molar-refractivity contribution in [3.63, 3.8) is 0 Å². The summed E-state index contributed by atoms with van der Waals surface area (Å²) in [6.07, 6.45) is 2.00. The highest BCUT2D eigenvalue weighted by Gasteiger charge is 2.21. The van der Waals surface area contributed by atoms with E-state index in [2.05, 4.69) is 32.9 Å². The van der Waals surface area contributed by atoms with E-state index in [1.165, 1.54) is 0 Å². The number of rotatable bonds is 8. The first-order valence-corrected chi connectivity index (χ1v) is 7.80. The summed E-state index contributed by atoms with van der Waals surface area (Å²) in [6, 6.07) is 4.19. The standard InChI is InChI=1S/C18H28O3/c1-6-7-15(10-17(19)20)16-9-13(4)8-14(5)18(16)21-11-12(2)3/h8-9,12,15H,6-7,10-11H2,1-5H3,(H,19,20). The van der Waals surface area contributed by atoms with Gasteiger partial charge >= 0.3 is 5.97 Å². The Morgan fingerprint density at radius 3 is 2.48 bits per heavy atom. The first-order chi connectivity index (χ1) is 9.85. The van der Waals surface area contributed by atoms with E-state index in [1.54, 1.807) is 0 Å². The van der Waals surface area contributed by atoms with E-state index in [-0.39, 0.29) is 12.3 Å². The van der Waals surface area contributed by atoms with Gasteiger partial charge in [-0.3, -0.25) is 4.79 Å². The highest BCUT2D eigenvalue weighted by molar-refractivity contribution is 5.68. The average molecular weight is 292 g/mol. The monoisotopic (exact) mass is 292 g/mol. The maximum atomic E-state index is 11.2. The third-order valence-corrected chi connectivity index (χ3v) is 3.51. The molecule has 3 nitrogen and oxygen atoms in total. The minimum atomic E-state index is -0.748. The predicted octanol–water partition coefficient (Wildman–Crippen LogP) is 4.70. The molecule has 0 aliphatic rings. The molecule has 0 fully saturated rings. The van der Waals surface area contributed by atoms with Crippen LogP contribution in [-0.2, 0) is 4.79 Å². The molecule has 0 saturated heterocycles. The first-order valence-electron chi connectivity index (χ1n) is 7.80. The number of aliphatic carboxylic acids is 1. The Morgan fingerprint density at radius 1 is 1.29 bits per heavy atom. The van der Waals surface area contributed by atoms with Gasteiger partial charge in [0.05, 0.1) is 13.0 Å². The van der Waals surface area contributed by atoms with Gasteiger partial charge in [0.25, 0.3) is 0 Å². The van der Waals surface area contributed by atoms with Crippen LogP contribution in [-0.4, -0.2) is 17.7 Å². The van der Waals surface area contributed by atoms with Crippen LogP contribution < -0.4 is 4.74 Å². The number of carboxylic acids is 1. The summed E-state index contributed by atoms with van der Waals surface area (Å²) in [7, 11) is 0. The zero-order chi connectivity index (χ0) is 16.0. The van der Waals surface area contributed by atoms with Crippen molar-refractivity contribution < 1.29 is 14.6 Å². The molecular formula is C18H28O3. The van der Waals surface area contributed by atoms with Crippen LogP contribution in [0.15, 0.2) is 12.1 Å². The Kier molecular flexibility index (Phi) is 6.73. The molecule has 3 heteroatoms. The number of ether oxygens (including phenoxy) is 1. The molecular weight excluding hydrogens is 264 g/mol.